The highest BCUT2D eigenvalue weighted by molar-refractivity contribution is 6.20. The summed E-state index contributed by atoms with van der Waals surface area (Å²) in [6.45, 7) is 0. The molecule has 0 spiro atoms. The van der Waals surface area contributed by atoms with E-state index in [4.69, 9.17) is 16.6 Å². The van der Waals surface area contributed by atoms with E-state index in [0.717, 1.165) is 6.08 Å². The maximum atomic E-state index is 11.0. The van der Waals surface area contributed by atoms with Crippen LogP contribution in [0.25, 0.3) is 0 Å². The van der Waals surface area contributed by atoms with E-state index in [1.165, 1.54) is 6.08 Å². The molecule has 0 amide bonds. The van der Waals surface area contributed by atoms with Crippen molar-refractivity contribution in [3.05, 3.63) is 23.4 Å². The number of hydrogen-bond donors (Lipinski definition) is 3. The van der Waals surface area contributed by atoms with Crippen molar-refractivity contribution in [3.8, 4) is 0 Å². The number of ketones is 1. The molecule has 0 radical (unpaired) electrons. The second-order valence-corrected chi connectivity index (χ2v) is 2.42. The van der Waals surface area contributed by atoms with Crippen molar-refractivity contribution in [1.82, 2.24) is 0 Å². The maximum absolute atomic E-state index is 11.0. The van der Waals surface area contributed by atoms with Crippen LogP contribution in [0.15, 0.2) is 23.4 Å². The lowest BCUT2D eigenvalue weighted by atomic mass is 9.98. The summed E-state index contributed by atoms with van der Waals surface area (Å²) >= 11 is 0. The average Bonchev–Trinajstić information content (AvgIpc) is 1.96. The molecule has 1 unspecified atom stereocenters. The third-order valence-electron chi connectivity index (χ3n) is 1.48. The lowest BCUT2D eigenvalue weighted by Gasteiger charge is -2.12. The molecule has 0 aromatic carbocycles. The molecule has 0 saturated heterocycles. The van der Waals surface area contributed by atoms with Crippen molar-refractivity contribution in [2.24, 2.45) is 11.5 Å². The Bertz CT molecular complexity index is 304. The van der Waals surface area contributed by atoms with Gasteiger partial charge in [0.05, 0.1) is 6.04 Å². The first-order valence-corrected chi connectivity index (χ1v) is 3.24. The molecule has 0 aromatic heterocycles. The van der Waals surface area contributed by atoms with Crippen LogP contribution >= 0.6 is 0 Å². The van der Waals surface area contributed by atoms with Gasteiger partial charge < -0.3 is 16.6 Å². The molecule has 0 aliphatic heterocycles. The van der Waals surface area contributed by atoms with Gasteiger partial charge in [-0.3, -0.25) is 4.79 Å². The van der Waals surface area contributed by atoms with Crippen LogP contribution in [0.3, 0.4) is 0 Å². The highest BCUT2D eigenvalue weighted by Crippen LogP contribution is 2.10. The molecule has 0 bridgehead atoms. The van der Waals surface area contributed by atoms with Crippen LogP contribution in [-0.2, 0) is 9.59 Å². The Hall–Kier alpha value is -1.62. The van der Waals surface area contributed by atoms with Gasteiger partial charge in [0.25, 0.3) is 0 Å². The van der Waals surface area contributed by atoms with Crippen LogP contribution in [0, 0.1) is 0 Å². The van der Waals surface area contributed by atoms with Gasteiger partial charge in [0.1, 0.15) is 5.57 Å². The van der Waals surface area contributed by atoms with Crippen molar-refractivity contribution in [3.63, 3.8) is 0 Å². The maximum Gasteiger partial charge on any atom is 0.339 e. The fourth-order valence-electron chi connectivity index (χ4n) is 0.916. The van der Waals surface area contributed by atoms with Crippen LogP contribution in [0.2, 0.25) is 0 Å². The zero-order valence-corrected chi connectivity index (χ0v) is 6.15. The molecule has 5 heteroatoms. The van der Waals surface area contributed by atoms with E-state index < -0.39 is 17.8 Å². The molecule has 5 N–H and O–H groups in total. The number of rotatable bonds is 1. The molecule has 0 fully saturated rings. The molecule has 12 heavy (non-hydrogen) atoms. The summed E-state index contributed by atoms with van der Waals surface area (Å²) in [6, 6.07) is -0.930. The molecule has 64 valence electrons. The standard InChI is InChI=1S/C7H8N2O3/c8-3-1-4(7(11)12)6(10)5(9)2-3/h1-2,5H,8-9H2,(H,11,12). The number of Topliss-reactive ketones (excluding diaryl/α,β-unsaturated/α-hetero) is 1. The van der Waals surface area contributed by atoms with E-state index in [0.29, 0.717) is 0 Å². The SMILES string of the molecule is NC1=CC(N)C(=O)C(C(=O)O)=C1. The molecule has 5 nitrogen and oxygen atoms in total. The van der Waals surface area contributed by atoms with Crippen molar-refractivity contribution in [2.45, 2.75) is 6.04 Å². The van der Waals surface area contributed by atoms with Gasteiger partial charge in [0.15, 0.2) is 5.78 Å². The summed E-state index contributed by atoms with van der Waals surface area (Å²) < 4.78 is 0. The first-order valence-electron chi connectivity index (χ1n) is 3.24. The van der Waals surface area contributed by atoms with Gasteiger partial charge in [-0.25, -0.2) is 4.79 Å². The number of nitrogens with two attached hydrogens (primary N) is 2. The monoisotopic (exact) mass is 168 g/mol. The first kappa shape index (κ1) is 8.48. The van der Waals surface area contributed by atoms with Gasteiger partial charge in [0.2, 0.25) is 0 Å². The molecular weight excluding hydrogens is 160 g/mol. The van der Waals surface area contributed by atoms with Crippen LogP contribution in [0.1, 0.15) is 0 Å². The summed E-state index contributed by atoms with van der Waals surface area (Å²) in [7, 11) is 0. The van der Waals surface area contributed by atoms with E-state index in [1.54, 1.807) is 0 Å². The number of carbonyl (C=O) groups excluding carboxylic acids is 1. The number of aliphatic carboxylic acids is 1. The van der Waals surface area contributed by atoms with E-state index in [1.807, 2.05) is 0 Å². The smallest absolute Gasteiger partial charge is 0.339 e. The molecule has 0 aromatic rings. The fraction of sp³-hybridized carbons (Fsp3) is 0.143. The Kier molecular flexibility index (Phi) is 1.97. The second-order valence-electron chi connectivity index (χ2n) is 2.42. The van der Waals surface area contributed by atoms with Crippen molar-refractivity contribution >= 4 is 11.8 Å². The molecule has 0 saturated carbocycles. The Labute approximate surface area is 68.3 Å². The Morgan fingerprint density at radius 2 is 2.17 bits per heavy atom. The molecular formula is C7H8N2O3. The first-order chi connectivity index (χ1) is 5.52. The van der Waals surface area contributed by atoms with Gasteiger partial charge in [-0.05, 0) is 12.2 Å². The quantitative estimate of drug-likeness (QED) is 0.424. The molecule has 0 heterocycles. The number of hydrogen-bond acceptors (Lipinski definition) is 4. The average molecular weight is 168 g/mol. The molecule has 1 rings (SSSR count). The lowest BCUT2D eigenvalue weighted by molar-refractivity contribution is -0.134. The number of carbonyl (C=O) groups is 2. The zero-order chi connectivity index (χ0) is 9.30. The summed E-state index contributed by atoms with van der Waals surface area (Å²) in [5.41, 5.74) is 10.4. The molecule has 1 aliphatic rings. The Balaban J connectivity index is 3.07. The largest absolute Gasteiger partial charge is 0.478 e. The van der Waals surface area contributed by atoms with Crippen LogP contribution in [0.4, 0.5) is 0 Å². The van der Waals surface area contributed by atoms with E-state index >= 15 is 0 Å². The topological polar surface area (TPSA) is 106 Å². The summed E-state index contributed by atoms with van der Waals surface area (Å²) in [5.74, 6) is -1.91. The van der Waals surface area contributed by atoms with Gasteiger partial charge >= 0.3 is 5.97 Å². The fourth-order valence-corrected chi connectivity index (χ4v) is 0.916. The van der Waals surface area contributed by atoms with E-state index in [2.05, 4.69) is 0 Å². The third-order valence-corrected chi connectivity index (χ3v) is 1.48. The highest BCUT2D eigenvalue weighted by atomic mass is 16.4. The Morgan fingerprint density at radius 1 is 1.58 bits per heavy atom. The van der Waals surface area contributed by atoms with Gasteiger partial charge in [-0.2, -0.15) is 0 Å². The van der Waals surface area contributed by atoms with Crippen LogP contribution in [0.5, 0.6) is 0 Å². The van der Waals surface area contributed by atoms with Crippen LogP contribution in [-0.4, -0.2) is 22.9 Å². The lowest BCUT2D eigenvalue weighted by Crippen LogP contribution is -2.35. The molecule has 1 aliphatic carbocycles. The minimum atomic E-state index is -1.30. The van der Waals surface area contributed by atoms with Gasteiger partial charge in [-0.1, -0.05) is 0 Å². The minimum absolute atomic E-state index is 0.208. The predicted molar refractivity (Wildman–Crippen MR) is 41.0 cm³/mol. The normalized spacial score (nSPS) is 23.1. The number of allylic oxidation sites excluding steroid dienone is 1. The Morgan fingerprint density at radius 3 is 2.67 bits per heavy atom. The second kappa shape index (κ2) is 2.78. The van der Waals surface area contributed by atoms with Crippen LogP contribution < -0.4 is 11.5 Å². The summed E-state index contributed by atoms with van der Waals surface area (Å²) in [4.78, 5) is 21.5. The third kappa shape index (κ3) is 1.35. The number of carboxylic acid groups (broad SMARTS) is 1. The van der Waals surface area contributed by atoms with E-state index in [-0.39, 0.29) is 11.3 Å². The summed E-state index contributed by atoms with van der Waals surface area (Å²) in [6.07, 6.45) is 2.42. The highest BCUT2D eigenvalue weighted by Gasteiger charge is 2.25. The van der Waals surface area contributed by atoms with E-state index in [9.17, 15) is 9.59 Å². The zero-order valence-electron chi connectivity index (χ0n) is 6.15. The minimum Gasteiger partial charge on any atom is -0.478 e. The van der Waals surface area contributed by atoms with Crippen molar-refractivity contribution in [1.29, 1.82) is 0 Å². The number of carboxylic acids is 1. The van der Waals surface area contributed by atoms with Crippen molar-refractivity contribution in [2.75, 3.05) is 0 Å². The van der Waals surface area contributed by atoms with Gasteiger partial charge in [0, 0.05) is 5.70 Å². The van der Waals surface area contributed by atoms with Crippen molar-refractivity contribution < 1.29 is 14.7 Å². The van der Waals surface area contributed by atoms with Gasteiger partial charge in [-0.15, -0.1) is 0 Å². The predicted octanol–water partition coefficient (Wildman–Crippen LogP) is -1.25. The molecule has 1 atom stereocenters. The summed E-state index contributed by atoms with van der Waals surface area (Å²) in [5, 5.41) is 8.52.